The Morgan fingerprint density at radius 2 is 1.91 bits per heavy atom. The van der Waals surface area contributed by atoms with Crippen LogP contribution in [-0.4, -0.2) is 59.8 Å². The number of hydrogen-bond donors (Lipinski definition) is 0. The number of thioether (sulfide) groups is 1. The molecule has 0 aromatic heterocycles. The van der Waals surface area contributed by atoms with Gasteiger partial charge in [0.1, 0.15) is 13.2 Å². The van der Waals surface area contributed by atoms with E-state index in [4.69, 9.17) is 4.74 Å². The topological polar surface area (TPSA) is 49.9 Å². The number of rotatable bonds is 4. The van der Waals surface area contributed by atoms with E-state index in [-0.39, 0.29) is 18.5 Å². The Kier molecular flexibility index (Phi) is 5.10. The van der Waals surface area contributed by atoms with Crippen LogP contribution >= 0.6 is 11.8 Å². The Bertz CT molecular complexity index is 568. The predicted molar refractivity (Wildman–Crippen MR) is 89.6 cm³/mol. The van der Waals surface area contributed by atoms with Crippen LogP contribution in [-0.2, 0) is 9.53 Å². The average Bonchev–Trinajstić information content (AvgIpc) is 2.95. The molecule has 0 radical (unpaired) electrons. The van der Waals surface area contributed by atoms with Crippen molar-refractivity contribution < 1.29 is 14.3 Å². The number of cyclic esters (lactones) is 1. The van der Waals surface area contributed by atoms with Gasteiger partial charge in [-0.15, -0.1) is 11.8 Å². The summed E-state index contributed by atoms with van der Waals surface area (Å²) >= 11 is 1.90. The lowest BCUT2D eigenvalue weighted by Gasteiger charge is -2.32. The van der Waals surface area contributed by atoms with Crippen LogP contribution in [0.15, 0.2) is 29.2 Å². The van der Waals surface area contributed by atoms with Crippen molar-refractivity contribution in [3.05, 3.63) is 29.8 Å². The number of hydrogen-bond acceptors (Lipinski definition) is 4. The molecule has 124 valence electrons. The molecule has 1 aromatic rings. The maximum absolute atomic E-state index is 12.3. The molecule has 23 heavy (non-hydrogen) atoms. The van der Waals surface area contributed by atoms with E-state index in [2.05, 4.69) is 31.2 Å². The molecule has 0 atom stereocenters. The van der Waals surface area contributed by atoms with Gasteiger partial charge < -0.3 is 9.64 Å². The lowest BCUT2D eigenvalue weighted by molar-refractivity contribution is -0.132. The van der Waals surface area contributed by atoms with Gasteiger partial charge in [0.2, 0.25) is 5.91 Å². The number of amides is 2. The van der Waals surface area contributed by atoms with Crippen molar-refractivity contribution in [2.75, 3.05) is 32.8 Å². The van der Waals surface area contributed by atoms with E-state index >= 15 is 0 Å². The minimum Gasteiger partial charge on any atom is -0.448 e. The first kappa shape index (κ1) is 16.2. The summed E-state index contributed by atoms with van der Waals surface area (Å²) in [5.74, 6) is 0.0302. The van der Waals surface area contributed by atoms with E-state index in [1.54, 1.807) is 0 Å². The first-order valence-electron chi connectivity index (χ1n) is 8.04. The van der Waals surface area contributed by atoms with Crippen LogP contribution < -0.4 is 0 Å². The van der Waals surface area contributed by atoms with Crippen LogP contribution in [0.2, 0.25) is 0 Å². The van der Waals surface area contributed by atoms with Crippen molar-refractivity contribution in [2.45, 2.75) is 29.9 Å². The number of benzene rings is 1. The number of ether oxygens (including phenoxy) is 1. The van der Waals surface area contributed by atoms with Crippen molar-refractivity contribution in [1.29, 1.82) is 0 Å². The normalized spacial score (nSPS) is 19.1. The van der Waals surface area contributed by atoms with Crippen molar-refractivity contribution in [2.24, 2.45) is 0 Å². The molecule has 2 heterocycles. The molecule has 2 fully saturated rings. The highest BCUT2D eigenvalue weighted by Crippen LogP contribution is 2.30. The SMILES string of the molecule is Cc1ccc(SC2CCN(C(=O)CN3CCOC3=O)CC2)cc1. The first-order valence-corrected chi connectivity index (χ1v) is 8.92. The van der Waals surface area contributed by atoms with Crippen LogP contribution in [0.1, 0.15) is 18.4 Å². The lowest BCUT2D eigenvalue weighted by atomic mass is 10.1. The summed E-state index contributed by atoms with van der Waals surface area (Å²) in [6.45, 7) is 4.69. The van der Waals surface area contributed by atoms with Crippen LogP contribution in [0.5, 0.6) is 0 Å². The average molecular weight is 334 g/mol. The van der Waals surface area contributed by atoms with Gasteiger partial charge in [0, 0.05) is 23.2 Å². The third-order valence-electron chi connectivity index (χ3n) is 4.29. The van der Waals surface area contributed by atoms with Gasteiger partial charge in [-0.3, -0.25) is 9.69 Å². The number of aryl methyl sites for hydroxylation is 1. The molecule has 0 spiro atoms. The number of piperidine rings is 1. The zero-order valence-electron chi connectivity index (χ0n) is 13.4. The minimum atomic E-state index is -0.372. The molecule has 0 bridgehead atoms. The molecule has 0 unspecified atom stereocenters. The van der Waals surface area contributed by atoms with E-state index in [1.165, 1.54) is 15.4 Å². The van der Waals surface area contributed by atoms with Crippen molar-refractivity contribution in [3.8, 4) is 0 Å². The molecule has 2 saturated heterocycles. The molecule has 1 aromatic carbocycles. The number of carbonyl (C=O) groups is 2. The Hall–Kier alpha value is -1.69. The van der Waals surface area contributed by atoms with Crippen LogP contribution in [0, 0.1) is 6.92 Å². The first-order chi connectivity index (χ1) is 11.1. The summed E-state index contributed by atoms with van der Waals surface area (Å²) < 4.78 is 4.86. The summed E-state index contributed by atoms with van der Waals surface area (Å²) in [4.78, 5) is 28.3. The molecule has 0 N–H and O–H groups in total. The van der Waals surface area contributed by atoms with Crippen LogP contribution in [0.4, 0.5) is 4.79 Å². The fraction of sp³-hybridized carbons (Fsp3) is 0.529. The van der Waals surface area contributed by atoms with Gasteiger partial charge in [0.05, 0.1) is 6.54 Å². The summed E-state index contributed by atoms with van der Waals surface area (Å²) in [5, 5.41) is 0.554. The number of nitrogens with zero attached hydrogens (tertiary/aromatic N) is 2. The molecular weight excluding hydrogens is 312 g/mol. The Morgan fingerprint density at radius 3 is 2.52 bits per heavy atom. The Morgan fingerprint density at radius 1 is 1.22 bits per heavy atom. The Labute approximate surface area is 141 Å². The largest absolute Gasteiger partial charge is 0.448 e. The van der Waals surface area contributed by atoms with Crippen molar-refractivity contribution >= 4 is 23.8 Å². The highest BCUT2D eigenvalue weighted by atomic mass is 32.2. The van der Waals surface area contributed by atoms with Gasteiger partial charge in [-0.05, 0) is 31.9 Å². The van der Waals surface area contributed by atoms with Crippen LogP contribution in [0.3, 0.4) is 0 Å². The lowest BCUT2D eigenvalue weighted by Crippen LogP contribution is -2.44. The summed E-state index contributed by atoms with van der Waals surface area (Å²) in [7, 11) is 0. The van der Waals surface area contributed by atoms with Gasteiger partial charge in [-0.25, -0.2) is 4.79 Å². The number of likely N-dealkylation sites (tertiary alicyclic amines) is 1. The molecule has 0 aliphatic carbocycles. The summed E-state index contributed by atoms with van der Waals surface area (Å²) in [5.41, 5.74) is 1.27. The highest BCUT2D eigenvalue weighted by molar-refractivity contribution is 8.00. The van der Waals surface area contributed by atoms with E-state index < -0.39 is 0 Å². The quantitative estimate of drug-likeness (QED) is 0.849. The van der Waals surface area contributed by atoms with Gasteiger partial charge in [0.25, 0.3) is 0 Å². The fourth-order valence-electron chi connectivity index (χ4n) is 2.86. The third-order valence-corrected chi connectivity index (χ3v) is 5.64. The van der Waals surface area contributed by atoms with Gasteiger partial charge in [0.15, 0.2) is 0 Å². The summed E-state index contributed by atoms with van der Waals surface area (Å²) in [6, 6.07) is 8.60. The molecule has 2 aliphatic heterocycles. The fourth-order valence-corrected chi connectivity index (χ4v) is 3.99. The maximum Gasteiger partial charge on any atom is 0.410 e. The highest BCUT2D eigenvalue weighted by Gasteiger charge is 2.28. The molecular formula is C17H22N2O3S. The standard InChI is InChI=1S/C17H22N2O3S/c1-13-2-4-14(5-3-13)23-15-6-8-18(9-7-15)16(20)12-19-10-11-22-17(19)21/h2-5,15H,6-12H2,1H3. The van der Waals surface area contributed by atoms with E-state index in [0.29, 0.717) is 18.4 Å². The maximum atomic E-state index is 12.3. The predicted octanol–water partition coefficient (Wildman–Crippen LogP) is 2.53. The van der Waals surface area contributed by atoms with Gasteiger partial charge in [-0.1, -0.05) is 17.7 Å². The van der Waals surface area contributed by atoms with Gasteiger partial charge >= 0.3 is 6.09 Å². The zero-order chi connectivity index (χ0) is 16.2. The zero-order valence-corrected chi connectivity index (χ0v) is 14.2. The minimum absolute atomic E-state index is 0.0302. The van der Waals surface area contributed by atoms with Gasteiger partial charge in [-0.2, -0.15) is 0 Å². The molecule has 5 nitrogen and oxygen atoms in total. The second-order valence-corrected chi connectivity index (χ2v) is 7.42. The van der Waals surface area contributed by atoms with Crippen LogP contribution in [0.25, 0.3) is 0 Å². The second kappa shape index (κ2) is 7.25. The molecule has 6 heteroatoms. The van der Waals surface area contributed by atoms with Crippen molar-refractivity contribution in [1.82, 2.24) is 9.80 Å². The molecule has 2 amide bonds. The summed E-state index contributed by atoms with van der Waals surface area (Å²) in [6.07, 6.45) is 1.62. The molecule has 2 aliphatic rings. The second-order valence-electron chi connectivity index (χ2n) is 6.05. The van der Waals surface area contributed by atoms with Crippen molar-refractivity contribution in [3.63, 3.8) is 0 Å². The molecule has 3 rings (SSSR count). The Balaban J connectivity index is 1.45. The molecule has 0 saturated carbocycles. The smallest absolute Gasteiger partial charge is 0.410 e. The van der Waals surface area contributed by atoms with E-state index in [0.717, 1.165) is 25.9 Å². The number of carbonyl (C=O) groups excluding carboxylic acids is 2. The van der Waals surface area contributed by atoms with E-state index in [9.17, 15) is 9.59 Å². The third kappa shape index (κ3) is 4.19. The monoisotopic (exact) mass is 334 g/mol. The van der Waals surface area contributed by atoms with E-state index in [1.807, 2.05) is 16.7 Å².